The van der Waals surface area contributed by atoms with Gasteiger partial charge >= 0.3 is 5.97 Å². The zero-order valence-corrected chi connectivity index (χ0v) is 8.18. The second-order valence-electron chi connectivity index (χ2n) is 5.29. The number of ether oxygens (including phenoxy) is 1. The summed E-state index contributed by atoms with van der Waals surface area (Å²) in [5, 5.41) is 0. The van der Waals surface area contributed by atoms with Gasteiger partial charge in [0, 0.05) is 0 Å². The van der Waals surface area contributed by atoms with Gasteiger partial charge < -0.3 is 4.74 Å². The molecule has 1 heterocycles. The van der Waals surface area contributed by atoms with Crippen molar-refractivity contribution in [1.82, 2.24) is 0 Å². The molecule has 0 aromatic carbocycles. The summed E-state index contributed by atoms with van der Waals surface area (Å²) >= 11 is 0. The summed E-state index contributed by atoms with van der Waals surface area (Å²) in [6.07, 6.45) is 1.02. The van der Waals surface area contributed by atoms with E-state index in [0.29, 0.717) is 5.92 Å². The fourth-order valence-corrected chi connectivity index (χ4v) is 2.50. The molecule has 2 aliphatic rings. The van der Waals surface area contributed by atoms with Crippen LogP contribution in [0.15, 0.2) is 0 Å². The summed E-state index contributed by atoms with van der Waals surface area (Å²) in [4.78, 5) is 11.4. The molecule has 0 N–H and O–H groups in total. The maximum Gasteiger partial charge on any atom is 0.310 e. The van der Waals surface area contributed by atoms with Gasteiger partial charge in [0.2, 0.25) is 0 Å². The van der Waals surface area contributed by atoms with E-state index in [1.165, 1.54) is 0 Å². The van der Waals surface area contributed by atoms with Crippen molar-refractivity contribution in [3.8, 4) is 0 Å². The molecule has 0 aromatic heterocycles. The molecule has 68 valence electrons. The van der Waals surface area contributed by atoms with Gasteiger partial charge in [-0.05, 0) is 31.6 Å². The molecular weight excluding hydrogens is 152 g/mol. The Bertz CT molecular complexity index is 238. The van der Waals surface area contributed by atoms with Gasteiger partial charge in [0.15, 0.2) is 0 Å². The van der Waals surface area contributed by atoms with Gasteiger partial charge in [-0.3, -0.25) is 4.79 Å². The van der Waals surface area contributed by atoms with Crippen LogP contribution >= 0.6 is 0 Å². The van der Waals surface area contributed by atoms with Gasteiger partial charge in [-0.2, -0.15) is 0 Å². The van der Waals surface area contributed by atoms with E-state index in [2.05, 4.69) is 13.8 Å². The number of carbonyl (C=O) groups excluding carboxylic acids is 1. The Morgan fingerprint density at radius 1 is 1.33 bits per heavy atom. The van der Waals surface area contributed by atoms with Crippen LogP contribution in [0.25, 0.3) is 0 Å². The van der Waals surface area contributed by atoms with E-state index >= 15 is 0 Å². The summed E-state index contributed by atoms with van der Waals surface area (Å²) in [5.74, 6) is 0.764. The highest BCUT2D eigenvalue weighted by Crippen LogP contribution is 2.64. The molecule has 2 atom stereocenters. The molecule has 0 aromatic rings. The minimum Gasteiger partial charge on any atom is -0.459 e. The molecule has 2 rings (SSSR count). The number of fused-ring (bicyclic) bond motifs is 1. The van der Waals surface area contributed by atoms with Crippen molar-refractivity contribution in [2.24, 2.45) is 17.3 Å². The smallest absolute Gasteiger partial charge is 0.310 e. The monoisotopic (exact) mass is 168 g/mol. The molecule has 2 fully saturated rings. The van der Waals surface area contributed by atoms with Crippen molar-refractivity contribution in [1.29, 1.82) is 0 Å². The first-order chi connectivity index (χ1) is 5.34. The van der Waals surface area contributed by atoms with Crippen LogP contribution < -0.4 is 0 Å². The number of carbonyl (C=O) groups is 1. The van der Waals surface area contributed by atoms with E-state index in [-0.39, 0.29) is 22.9 Å². The molecule has 0 unspecified atom stereocenters. The van der Waals surface area contributed by atoms with Gasteiger partial charge in [0.05, 0.1) is 5.92 Å². The predicted molar refractivity (Wildman–Crippen MR) is 45.5 cm³/mol. The Morgan fingerprint density at radius 3 is 2.42 bits per heavy atom. The lowest BCUT2D eigenvalue weighted by atomic mass is 9.96. The third-order valence-corrected chi connectivity index (χ3v) is 3.39. The first-order valence-corrected chi connectivity index (χ1v) is 4.57. The lowest BCUT2D eigenvalue weighted by molar-refractivity contribution is -0.164. The lowest BCUT2D eigenvalue weighted by Crippen LogP contribution is -2.33. The molecule has 1 saturated heterocycles. The number of cyclic esters (lactones) is 1. The zero-order chi connectivity index (χ0) is 9.15. The molecule has 1 aliphatic heterocycles. The summed E-state index contributed by atoms with van der Waals surface area (Å²) < 4.78 is 5.32. The van der Waals surface area contributed by atoms with Crippen LogP contribution in [-0.4, -0.2) is 11.6 Å². The minimum atomic E-state index is -0.230. The van der Waals surface area contributed by atoms with Gasteiger partial charge in [0.25, 0.3) is 0 Å². The van der Waals surface area contributed by atoms with E-state index in [0.717, 1.165) is 6.42 Å². The molecule has 1 aliphatic carbocycles. The van der Waals surface area contributed by atoms with Crippen molar-refractivity contribution in [2.75, 3.05) is 0 Å². The van der Waals surface area contributed by atoms with Crippen molar-refractivity contribution >= 4 is 5.97 Å². The number of hydrogen-bond acceptors (Lipinski definition) is 2. The maximum atomic E-state index is 11.4. The molecule has 0 amide bonds. The van der Waals surface area contributed by atoms with Crippen LogP contribution in [0, 0.1) is 17.3 Å². The highest BCUT2D eigenvalue weighted by Gasteiger charge is 2.66. The average molecular weight is 168 g/mol. The summed E-state index contributed by atoms with van der Waals surface area (Å²) in [5.41, 5.74) is -0.0309. The first kappa shape index (κ1) is 8.09. The number of esters is 1. The van der Waals surface area contributed by atoms with Crippen LogP contribution in [0.5, 0.6) is 0 Å². The topological polar surface area (TPSA) is 26.3 Å². The minimum absolute atomic E-state index is 0.0150. The second kappa shape index (κ2) is 1.86. The molecule has 0 bridgehead atoms. The lowest BCUT2D eigenvalue weighted by Gasteiger charge is -2.28. The van der Waals surface area contributed by atoms with Crippen LogP contribution in [0.4, 0.5) is 0 Å². The van der Waals surface area contributed by atoms with Gasteiger partial charge in [0.1, 0.15) is 5.60 Å². The van der Waals surface area contributed by atoms with Crippen LogP contribution in [-0.2, 0) is 9.53 Å². The Balaban J connectivity index is 2.21. The fourth-order valence-electron chi connectivity index (χ4n) is 2.50. The largest absolute Gasteiger partial charge is 0.459 e. The van der Waals surface area contributed by atoms with E-state index in [9.17, 15) is 4.79 Å². The Hall–Kier alpha value is -0.530. The normalized spacial score (nSPS) is 41.5. The fraction of sp³-hybridized carbons (Fsp3) is 0.900. The maximum absolute atomic E-state index is 11.4. The molecule has 12 heavy (non-hydrogen) atoms. The summed E-state index contributed by atoms with van der Waals surface area (Å²) in [6.45, 7) is 8.31. The molecule has 2 nitrogen and oxygen atoms in total. The average Bonchev–Trinajstić information content (AvgIpc) is 2.30. The highest BCUT2D eigenvalue weighted by atomic mass is 16.6. The van der Waals surface area contributed by atoms with Crippen molar-refractivity contribution < 1.29 is 9.53 Å². The van der Waals surface area contributed by atoms with Crippen molar-refractivity contribution in [3.63, 3.8) is 0 Å². The molecule has 1 saturated carbocycles. The van der Waals surface area contributed by atoms with Crippen molar-refractivity contribution in [2.45, 2.75) is 39.7 Å². The third kappa shape index (κ3) is 0.900. The summed E-state index contributed by atoms with van der Waals surface area (Å²) in [6, 6.07) is 0. The van der Waals surface area contributed by atoms with E-state index in [1.807, 2.05) is 13.8 Å². The van der Waals surface area contributed by atoms with Gasteiger partial charge in [-0.15, -0.1) is 0 Å². The van der Waals surface area contributed by atoms with Crippen LogP contribution in [0.1, 0.15) is 34.1 Å². The van der Waals surface area contributed by atoms with Crippen LogP contribution in [0.3, 0.4) is 0 Å². The van der Waals surface area contributed by atoms with Gasteiger partial charge in [-0.1, -0.05) is 13.8 Å². The quantitative estimate of drug-likeness (QED) is 0.517. The van der Waals surface area contributed by atoms with E-state index < -0.39 is 0 Å². The van der Waals surface area contributed by atoms with E-state index in [1.54, 1.807) is 0 Å². The van der Waals surface area contributed by atoms with Gasteiger partial charge in [-0.25, -0.2) is 0 Å². The number of hydrogen-bond donors (Lipinski definition) is 0. The molecule has 0 radical (unpaired) electrons. The van der Waals surface area contributed by atoms with Crippen molar-refractivity contribution in [3.05, 3.63) is 0 Å². The Kier molecular flexibility index (Phi) is 1.25. The number of rotatable bonds is 0. The first-order valence-electron chi connectivity index (χ1n) is 4.57. The third-order valence-electron chi connectivity index (χ3n) is 3.39. The standard InChI is InChI=1S/C10H16O2/c1-9(2)5-6-7(8(11)12-9)10(6,3)4/h6-7H,5H2,1-4H3/t6-,7-/m1/s1. The SMILES string of the molecule is CC1(C)C[C@@H]2[C@H](C(=O)O1)C2(C)C. The van der Waals surface area contributed by atoms with Crippen LogP contribution in [0.2, 0.25) is 0 Å². The predicted octanol–water partition coefficient (Wildman–Crippen LogP) is 1.98. The second-order valence-corrected chi connectivity index (χ2v) is 5.29. The molecule has 0 spiro atoms. The highest BCUT2D eigenvalue weighted by molar-refractivity contribution is 5.79. The Labute approximate surface area is 73.3 Å². The summed E-state index contributed by atoms with van der Waals surface area (Å²) in [7, 11) is 0. The molecule has 2 heteroatoms. The molecular formula is C10H16O2. The Morgan fingerprint density at radius 2 is 1.92 bits per heavy atom. The zero-order valence-electron chi connectivity index (χ0n) is 8.18. The van der Waals surface area contributed by atoms with E-state index in [4.69, 9.17) is 4.74 Å².